The molecule has 0 fully saturated rings. The van der Waals surface area contributed by atoms with E-state index in [0.29, 0.717) is 42.1 Å². The van der Waals surface area contributed by atoms with E-state index in [4.69, 9.17) is 9.47 Å². The van der Waals surface area contributed by atoms with E-state index in [2.05, 4.69) is 5.32 Å². The summed E-state index contributed by atoms with van der Waals surface area (Å²) in [6.07, 6.45) is 0.950. The third-order valence-corrected chi connectivity index (χ3v) is 5.81. The van der Waals surface area contributed by atoms with Crippen LogP contribution in [0.25, 0.3) is 0 Å². The third kappa shape index (κ3) is 4.62. The molecule has 1 aromatic heterocycles. The standard InChI is InChI=1S/C26H27F3N2O3/c1-5-16-7-8-17(11-19(16)27)34-24-20(28)9-15(10-21(24)29)13-33-22-12-23-30-26(3,4)14-31(23)25(32)18(22)6-2/h7-12,30H,5-6,13-14H2,1-4H3. The molecule has 1 N–H and O–H groups in total. The Bertz CT molecular complexity index is 1280. The van der Waals surface area contributed by atoms with Gasteiger partial charge in [0.05, 0.1) is 17.6 Å². The number of rotatable bonds is 7. The monoisotopic (exact) mass is 472 g/mol. The molecule has 0 aliphatic carbocycles. The highest BCUT2D eigenvalue weighted by molar-refractivity contribution is 5.51. The largest absolute Gasteiger partial charge is 0.488 e. The van der Waals surface area contributed by atoms with Crippen molar-refractivity contribution in [1.29, 1.82) is 0 Å². The van der Waals surface area contributed by atoms with Crippen LogP contribution in [0.3, 0.4) is 0 Å². The van der Waals surface area contributed by atoms with E-state index in [1.54, 1.807) is 17.6 Å². The van der Waals surface area contributed by atoms with Gasteiger partial charge in [0.2, 0.25) is 0 Å². The van der Waals surface area contributed by atoms with Gasteiger partial charge in [-0.1, -0.05) is 19.9 Å². The van der Waals surface area contributed by atoms with Gasteiger partial charge in [-0.15, -0.1) is 0 Å². The van der Waals surface area contributed by atoms with Crippen LogP contribution in [0.1, 0.15) is 44.4 Å². The minimum atomic E-state index is -0.938. The Morgan fingerprint density at radius 1 is 1.00 bits per heavy atom. The Labute approximate surface area is 196 Å². The summed E-state index contributed by atoms with van der Waals surface area (Å²) in [5.41, 5.74) is 0.803. The first-order valence-electron chi connectivity index (χ1n) is 11.2. The number of aromatic nitrogens is 1. The van der Waals surface area contributed by atoms with Gasteiger partial charge in [-0.25, -0.2) is 13.2 Å². The van der Waals surface area contributed by atoms with E-state index in [9.17, 15) is 18.0 Å². The van der Waals surface area contributed by atoms with Crippen molar-refractivity contribution < 1.29 is 22.6 Å². The fourth-order valence-corrected chi connectivity index (χ4v) is 4.11. The molecule has 0 spiro atoms. The van der Waals surface area contributed by atoms with Gasteiger partial charge in [-0.2, -0.15) is 0 Å². The Morgan fingerprint density at radius 3 is 2.32 bits per heavy atom. The molecule has 0 saturated heterocycles. The molecule has 180 valence electrons. The highest BCUT2D eigenvalue weighted by Gasteiger charge is 2.30. The number of hydrogen-bond acceptors (Lipinski definition) is 4. The molecule has 34 heavy (non-hydrogen) atoms. The van der Waals surface area contributed by atoms with Crippen molar-refractivity contribution in [2.45, 2.75) is 59.2 Å². The topological polar surface area (TPSA) is 52.5 Å². The Hall–Kier alpha value is -3.42. The van der Waals surface area contributed by atoms with Crippen LogP contribution in [0.2, 0.25) is 0 Å². The fraction of sp³-hybridized carbons (Fsp3) is 0.346. The van der Waals surface area contributed by atoms with E-state index in [0.717, 1.165) is 18.2 Å². The first-order valence-corrected chi connectivity index (χ1v) is 11.2. The van der Waals surface area contributed by atoms with E-state index in [1.165, 1.54) is 12.1 Å². The van der Waals surface area contributed by atoms with Gasteiger partial charge in [0.1, 0.15) is 29.7 Å². The molecular formula is C26H27F3N2O3. The highest BCUT2D eigenvalue weighted by Crippen LogP contribution is 2.32. The Balaban J connectivity index is 1.55. The maximum Gasteiger partial charge on any atom is 0.259 e. The lowest BCUT2D eigenvalue weighted by Crippen LogP contribution is -2.30. The van der Waals surface area contributed by atoms with Crippen molar-refractivity contribution in [3.63, 3.8) is 0 Å². The van der Waals surface area contributed by atoms with Crippen molar-refractivity contribution in [2.24, 2.45) is 0 Å². The SMILES string of the molecule is CCc1ccc(Oc2c(F)cc(COc3cc4n(c(=O)c3CC)CC(C)(C)N4)cc2F)cc1F. The number of hydrogen-bond donors (Lipinski definition) is 1. The maximum atomic E-state index is 14.7. The number of aryl methyl sites for hydroxylation is 1. The van der Waals surface area contributed by atoms with Crippen molar-refractivity contribution in [1.82, 2.24) is 4.57 Å². The summed E-state index contributed by atoms with van der Waals surface area (Å²) in [4.78, 5) is 12.9. The zero-order chi connectivity index (χ0) is 24.6. The van der Waals surface area contributed by atoms with E-state index >= 15 is 0 Å². The predicted molar refractivity (Wildman–Crippen MR) is 124 cm³/mol. The Kier molecular flexibility index (Phi) is 6.34. The van der Waals surface area contributed by atoms with E-state index in [-0.39, 0.29) is 29.0 Å². The van der Waals surface area contributed by atoms with Gasteiger partial charge in [0.25, 0.3) is 5.56 Å². The van der Waals surface area contributed by atoms with Crippen molar-refractivity contribution in [3.05, 3.63) is 80.9 Å². The lowest BCUT2D eigenvalue weighted by atomic mass is 10.1. The molecule has 0 amide bonds. The van der Waals surface area contributed by atoms with Gasteiger partial charge in [0.15, 0.2) is 17.4 Å². The molecule has 0 bridgehead atoms. The first-order chi connectivity index (χ1) is 16.1. The van der Waals surface area contributed by atoms with Crippen LogP contribution >= 0.6 is 0 Å². The molecule has 0 saturated carbocycles. The number of pyridine rings is 1. The van der Waals surface area contributed by atoms with E-state index in [1.807, 2.05) is 20.8 Å². The zero-order valence-electron chi connectivity index (χ0n) is 19.6. The molecule has 4 rings (SSSR count). The maximum absolute atomic E-state index is 14.7. The van der Waals surface area contributed by atoms with Crippen LogP contribution in [-0.2, 0) is 26.0 Å². The summed E-state index contributed by atoms with van der Waals surface area (Å²) in [5, 5.41) is 3.28. The Morgan fingerprint density at radius 2 is 1.71 bits per heavy atom. The van der Waals surface area contributed by atoms with Gasteiger partial charge in [0, 0.05) is 12.1 Å². The third-order valence-electron chi connectivity index (χ3n) is 5.81. The van der Waals surface area contributed by atoms with Crippen molar-refractivity contribution in [2.75, 3.05) is 5.32 Å². The van der Waals surface area contributed by atoms with Crippen LogP contribution in [0.4, 0.5) is 19.0 Å². The number of nitrogens with zero attached hydrogens (tertiary/aromatic N) is 1. The second-order valence-corrected chi connectivity index (χ2v) is 9.01. The quantitative estimate of drug-likeness (QED) is 0.461. The lowest BCUT2D eigenvalue weighted by molar-refractivity contribution is 0.299. The van der Waals surface area contributed by atoms with Crippen LogP contribution in [-0.4, -0.2) is 10.1 Å². The molecule has 2 aromatic carbocycles. The van der Waals surface area contributed by atoms with Crippen LogP contribution in [0.15, 0.2) is 41.2 Å². The normalized spacial score (nSPS) is 14.0. The summed E-state index contributed by atoms with van der Waals surface area (Å²) >= 11 is 0. The second kappa shape index (κ2) is 9.08. The molecule has 1 aliphatic rings. The van der Waals surface area contributed by atoms with Gasteiger partial charge in [-0.3, -0.25) is 9.36 Å². The molecule has 8 heteroatoms. The van der Waals surface area contributed by atoms with Gasteiger partial charge >= 0.3 is 0 Å². The van der Waals surface area contributed by atoms with Crippen LogP contribution in [0.5, 0.6) is 17.2 Å². The average Bonchev–Trinajstić information content (AvgIpc) is 3.09. The zero-order valence-corrected chi connectivity index (χ0v) is 19.6. The number of fused-ring (bicyclic) bond motifs is 1. The second-order valence-electron chi connectivity index (χ2n) is 9.01. The number of halogens is 3. The van der Waals surface area contributed by atoms with Crippen LogP contribution < -0.4 is 20.3 Å². The number of anilines is 1. The summed E-state index contributed by atoms with van der Waals surface area (Å²) in [6.45, 7) is 8.04. The van der Waals surface area contributed by atoms with Crippen LogP contribution in [0, 0.1) is 17.5 Å². The fourth-order valence-electron chi connectivity index (χ4n) is 4.11. The van der Waals surface area contributed by atoms with Gasteiger partial charge < -0.3 is 14.8 Å². The molecular weight excluding hydrogens is 445 g/mol. The van der Waals surface area contributed by atoms with E-state index < -0.39 is 23.2 Å². The predicted octanol–water partition coefficient (Wildman–Crippen LogP) is 5.97. The molecule has 1 aliphatic heterocycles. The lowest BCUT2D eigenvalue weighted by Gasteiger charge is -2.16. The number of nitrogens with one attached hydrogen (secondary N) is 1. The number of ether oxygens (including phenoxy) is 2. The molecule has 3 aromatic rings. The molecule has 0 atom stereocenters. The molecule has 2 heterocycles. The first kappa shape index (κ1) is 23.7. The molecule has 0 radical (unpaired) electrons. The summed E-state index contributed by atoms with van der Waals surface area (Å²) < 4.78 is 56.1. The highest BCUT2D eigenvalue weighted by atomic mass is 19.1. The molecule has 0 unspecified atom stereocenters. The summed E-state index contributed by atoms with van der Waals surface area (Å²) in [5.74, 6) is -1.98. The summed E-state index contributed by atoms with van der Waals surface area (Å²) in [7, 11) is 0. The summed E-state index contributed by atoms with van der Waals surface area (Å²) in [6, 6.07) is 8.02. The smallest absolute Gasteiger partial charge is 0.259 e. The minimum Gasteiger partial charge on any atom is -0.488 e. The number of benzene rings is 2. The van der Waals surface area contributed by atoms with Gasteiger partial charge in [-0.05, 0) is 56.0 Å². The molecule has 5 nitrogen and oxygen atoms in total. The minimum absolute atomic E-state index is 0.00173. The van der Waals surface area contributed by atoms with Crippen molar-refractivity contribution >= 4 is 5.82 Å². The van der Waals surface area contributed by atoms with Crippen molar-refractivity contribution in [3.8, 4) is 17.2 Å². The average molecular weight is 473 g/mol.